The van der Waals surface area contributed by atoms with Gasteiger partial charge in [0.2, 0.25) is 0 Å². The van der Waals surface area contributed by atoms with E-state index in [0.717, 1.165) is 19.3 Å². The van der Waals surface area contributed by atoms with Gasteiger partial charge in [-0.1, -0.05) is 6.92 Å². The van der Waals surface area contributed by atoms with Crippen molar-refractivity contribution in [2.75, 3.05) is 20.6 Å². The van der Waals surface area contributed by atoms with Crippen LogP contribution in [0.4, 0.5) is 0 Å². The van der Waals surface area contributed by atoms with E-state index in [2.05, 4.69) is 31.0 Å². The van der Waals surface area contributed by atoms with Crippen LogP contribution in [-0.2, 0) is 4.79 Å². The number of nitrogens with one attached hydrogen (secondary N) is 1. The maximum atomic E-state index is 11.6. The Balaban J connectivity index is 2.83. The number of carbonyl (C=O) groups is 1. The summed E-state index contributed by atoms with van der Waals surface area (Å²) >= 11 is 0. The second kappa shape index (κ2) is 4.94. The minimum absolute atomic E-state index is 0.0342. The molecule has 0 aromatic rings. The highest BCUT2D eigenvalue weighted by Crippen LogP contribution is 2.41. The molecule has 1 rings (SSSR count). The Hall–Kier alpha value is -0.610. The fourth-order valence-electron chi connectivity index (χ4n) is 2.20. The first-order valence-electron chi connectivity index (χ1n) is 6.43. The number of rotatable bonds is 7. The molecule has 0 saturated heterocycles. The minimum Gasteiger partial charge on any atom is -0.480 e. The molecule has 0 aliphatic heterocycles. The zero-order chi connectivity index (χ0) is 13.3. The molecule has 1 saturated carbocycles. The average Bonchev–Trinajstić information content (AvgIpc) is 3.09. The van der Waals surface area contributed by atoms with Crippen LogP contribution < -0.4 is 5.32 Å². The van der Waals surface area contributed by atoms with Gasteiger partial charge in [0.1, 0.15) is 5.54 Å². The molecule has 0 amide bonds. The summed E-state index contributed by atoms with van der Waals surface area (Å²) in [4.78, 5) is 13.8. The highest BCUT2D eigenvalue weighted by molar-refractivity contribution is 5.80. The van der Waals surface area contributed by atoms with E-state index in [9.17, 15) is 9.90 Å². The van der Waals surface area contributed by atoms with Crippen LogP contribution in [0.25, 0.3) is 0 Å². The van der Waals surface area contributed by atoms with E-state index < -0.39 is 11.5 Å². The van der Waals surface area contributed by atoms with E-state index >= 15 is 0 Å². The summed E-state index contributed by atoms with van der Waals surface area (Å²) in [5.41, 5.74) is -0.742. The van der Waals surface area contributed by atoms with Gasteiger partial charge < -0.3 is 10.4 Å². The smallest absolute Gasteiger partial charge is 0.325 e. The second-order valence-electron chi connectivity index (χ2n) is 5.82. The largest absolute Gasteiger partial charge is 0.480 e. The number of aliphatic carboxylic acids is 1. The van der Waals surface area contributed by atoms with Crippen molar-refractivity contribution in [2.45, 2.75) is 51.1 Å². The number of hydrogen-bond donors (Lipinski definition) is 2. The lowest BCUT2D eigenvalue weighted by atomic mass is 9.89. The van der Waals surface area contributed by atoms with Crippen LogP contribution >= 0.6 is 0 Å². The molecule has 1 aliphatic rings. The monoisotopic (exact) mass is 242 g/mol. The van der Waals surface area contributed by atoms with Gasteiger partial charge in [0, 0.05) is 12.1 Å². The Bertz CT molecular complexity index is 287. The number of hydrogen-bond acceptors (Lipinski definition) is 3. The molecule has 2 N–H and O–H groups in total. The number of nitrogens with zero attached hydrogens (tertiary/aromatic N) is 1. The van der Waals surface area contributed by atoms with Crippen molar-refractivity contribution in [3.63, 3.8) is 0 Å². The lowest BCUT2D eigenvalue weighted by molar-refractivity contribution is -0.147. The van der Waals surface area contributed by atoms with E-state index in [-0.39, 0.29) is 11.5 Å². The topological polar surface area (TPSA) is 52.6 Å². The van der Waals surface area contributed by atoms with Gasteiger partial charge in [-0.05, 0) is 53.1 Å². The second-order valence-corrected chi connectivity index (χ2v) is 5.82. The van der Waals surface area contributed by atoms with Crippen LogP contribution in [0.2, 0.25) is 0 Å². The SMILES string of the molecule is CCC(C)(C)N(C)CC(NC)(C(=O)O)C1CC1. The molecule has 4 heteroatoms. The summed E-state index contributed by atoms with van der Waals surface area (Å²) in [7, 11) is 3.78. The van der Waals surface area contributed by atoms with Crippen LogP contribution in [0.3, 0.4) is 0 Å². The van der Waals surface area contributed by atoms with E-state index in [1.54, 1.807) is 7.05 Å². The third-order valence-electron chi connectivity index (χ3n) is 4.49. The molecule has 0 radical (unpaired) electrons. The molecule has 0 aromatic carbocycles. The molecule has 0 spiro atoms. The maximum Gasteiger partial charge on any atom is 0.325 e. The summed E-state index contributed by atoms with van der Waals surface area (Å²) in [6, 6.07) is 0. The lowest BCUT2D eigenvalue weighted by Crippen LogP contribution is -2.61. The zero-order valence-electron chi connectivity index (χ0n) is 11.7. The first kappa shape index (κ1) is 14.5. The zero-order valence-corrected chi connectivity index (χ0v) is 11.7. The highest BCUT2D eigenvalue weighted by atomic mass is 16.4. The van der Waals surface area contributed by atoms with Crippen LogP contribution in [0, 0.1) is 5.92 Å². The lowest BCUT2D eigenvalue weighted by Gasteiger charge is -2.41. The van der Waals surface area contributed by atoms with Crippen molar-refractivity contribution in [3.8, 4) is 0 Å². The Morgan fingerprint density at radius 2 is 2.00 bits per heavy atom. The molecule has 1 aliphatic carbocycles. The Morgan fingerprint density at radius 3 is 2.29 bits per heavy atom. The van der Waals surface area contributed by atoms with E-state index in [1.807, 2.05) is 7.05 Å². The van der Waals surface area contributed by atoms with Gasteiger partial charge in [-0.2, -0.15) is 0 Å². The first-order chi connectivity index (χ1) is 7.80. The highest BCUT2D eigenvalue weighted by Gasteiger charge is 2.51. The number of carboxylic acids is 1. The van der Waals surface area contributed by atoms with E-state index in [1.165, 1.54) is 0 Å². The van der Waals surface area contributed by atoms with Gasteiger partial charge >= 0.3 is 5.97 Å². The molecule has 0 aromatic heterocycles. The summed E-state index contributed by atoms with van der Waals surface area (Å²) in [6.45, 7) is 7.00. The Labute approximate surface area is 104 Å². The molecule has 1 atom stereocenters. The van der Waals surface area contributed by atoms with Crippen LogP contribution in [0.5, 0.6) is 0 Å². The Morgan fingerprint density at radius 1 is 1.47 bits per heavy atom. The molecular weight excluding hydrogens is 216 g/mol. The number of likely N-dealkylation sites (N-methyl/N-ethyl adjacent to an activating group) is 2. The summed E-state index contributed by atoms with van der Waals surface area (Å²) < 4.78 is 0. The standard InChI is InChI=1S/C13H26N2O2/c1-6-12(2,3)15(5)9-13(14-4,11(16)17)10-7-8-10/h10,14H,6-9H2,1-5H3,(H,16,17). The van der Waals surface area contributed by atoms with Crippen molar-refractivity contribution in [1.82, 2.24) is 10.2 Å². The molecule has 1 unspecified atom stereocenters. The van der Waals surface area contributed by atoms with Gasteiger partial charge in [-0.25, -0.2) is 0 Å². The molecule has 0 heterocycles. The first-order valence-corrected chi connectivity index (χ1v) is 6.43. The predicted octanol–water partition coefficient (Wildman–Crippen LogP) is 1.56. The normalized spacial score (nSPS) is 20.4. The summed E-state index contributed by atoms with van der Waals surface area (Å²) in [5.74, 6) is -0.443. The third-order valence-corrected chi connectivity index (χ3v) is 4.49. The predicted molar refractivity (Wildman–Crippen MR) is 69.2 cm³/mol. The maximum absolute atomic E-state index is 11.6. The van der Waals surface area contributed by atoms with Gasteiger partial charge in [-0.15, -0.1) is 0 Å². The van der Waals surface area contributed by atoms with Gasteiger partial charge in [0.05, 0.1) is 0 Å². The van der Waals surface area contributed by atoms with Crippen molar-refractivity contribution >= 4 is 5.97 Å². The van der Waals surface area contributed by atoms with E-state index in [4.69, 9.17) is 0 Å². The van der Waals surface area contributed by atoms with Crippen molar-refractivity contribution in [1.29, 1.82) is 0 Å². The quantitative estimate of drug-likeness (QED) is 0.711. The average molecular weight is 242 g/mol. The molecule has 1 fully saturated rings. The van der Waals surface area contributed by atoms with Crippen molar-refractivity contribution < 1.29 is 9.90 Å². The van der Waals surface area contributed by atoms with Crippen LogP contribution in [0.15, 0.2) is 0 Å². The van der Waals surface area contributed by atoms with E-state index in [0.29, 0.717) is 6.54 Å². The number of carboxylic acid groups (broad SMARTS) is 1. The molecule has 100 valence electrons. The summed E-state index contributed by atoms with van der Waals surface area (Å²) in [5, 5.41) is 12.6. The third kappa shape index (κ3) is 2.80. The summed E-state index contributed by atoms with van der Waals surface area (Å²) in [6.07, 6.45) is 3.05. The van der Waals surface area contributed by atoms with Crippen LogP contribution in [0.1, 0.15) is 40.0 Å². The molecule has 4 nitrogen and oxygen atoms in total. The van der Waals surface area contributed by atoms with Gasteiger partial charge in [0.15, 0.2) is 0 Å². The fourth-order valence-corrected chi connectivity index (χ4v) is 2.20. The molecular formula is C13H26N2O2. The van der Waals surface area contributed by atoms with Crippen molar-refractivity contribution in [3.05, 3.63) is 0 Å². The van der Waals surface area contributed by atoms with Crippen molar-refractivity contribution in [2.24, 2.45) is 5.92 Å². The van der Waals surface area contributed by atoms with Crippen LogP contribution in [-0.4, -0.2) is 47.7 Å². The molecule has 0 bridgehead atoms. The van der Waals surface area contributed by atoms with Gasteiger partial charge in [-0.3, -0.25) is 9.69 Å². The van der Waals surface area contributed by atoms with Gasteiger partial charge in [0.25, 0.3) is 0 Å². The fraction of sp³-hybridized carbons (Fsp3) is 0.923. The Kier molecular flexibility index (Phi) is 4.20. The minimum atomic E-state index is -0.777. The molecule has 17 heavy (non-hydrogen) atoms.